The second-order valence-corrected chi connectivity index (χ2v) is 9.17. The molecule has 0 N–H and O–H groups in total. The zero-order chi connectivity index (χ0) is 23.7. The molecule has 0 aliphatic heterocycles. The van der Waals surface area contributed by atoms with Gasteiger partial charge in [0.25, 0.3) is 5.91 Å². The number of carbonyl (C=O) groups excluding carboxylic acids is 1. The number of hydrogen-bond donors (Lipinski definition) is 0. The monoisotopic (exact) mass is 491 g/mol. The van der Waals surface area contributed by atoms with Crippen LogP contribution in [0.15, 0.2) is 78.9 Å². The van der Waals surface area contributed by atoms with E-state index in [4.69, 9.17) is 33.0 Å². The molecule has 0 unspecified atom stereocenters. The van der Waals surface area contributed by atoms with Gasteiger partial charge >= 0.3 is 0 Å². The summed E-state index contributed by atoms with van der Waals surface area (Å²) in [5.74, 6) is 1.06. The third-order valence-corrected chi connectivity index (χ3v) is 6.41. The highest BCUT2D eigenvalue weighted by Gasteiger charge is 2.35. The SMILES string of the molecule is Cn1nc(-c2ccccc2)c(CN(C(=O)c2ccc(Cl)cc2)C2CC2)c1Oc1ccccc1Cl. The lowest BCUT2D eigenvalue weighted by molar-refractivity contribution is 0.0729. The maximum absolute atomic E-state index is 13.5. The Hall–Kier alpha value is -3.28. The van der Waals surface area contributed by atoms with E-state index in [1.165, 1.54) is 0 Å². The van der Waals surface area contributed by atoms with Gasteiger partial charge in [0.2, 0.25) is 5.88 Å². The van der Waals surface area contributed by atoms with Crippen LogP contribution in [0.5, 0.6) is 11.6 Å². The van der Waals surface area contributed by atoms with Crippen molar-refractivity contribution >= 4 is 29.1 Å². The number of amides is 1. The summed E-state index contributed by atoms with van der Waals surface area (Å²) in [5.41, 5.74) is 3.18. The predicted octanol–water partition coefficient (Wildman–Crippen LogP) is 6.99. The summed E-state index contributed by atoms with van der Waals surface area (Å²) in [4.78, 5) is 15.4. The van der Waals surface area contributed by atoms with Crippen LogP contribution in [0.1, 0.15) is 28.8 Å². The fourth-order valence-electron chi connectivity index (χ4n) is 3.96. The second kappa shape index (κ2) is 9.53. The van der Waals surface area contributed by atoms with E-state index < -0.39 is 0 Å². The molecule has 1 fully saturated rings. The van der Waals surface area contributed by atoms with Crippen LogP contribution in [0.2, 0.25) is 10.0 Å². The minimum Gasteiger partial charge on any atom is -0.437 e. The Labute approximate surface area is 208 Å². The Morgan fingerprint density at radius 3 is 2.35 bits per heavy atom. The van der Waals surface area contributed by atoms with Crippen molar-refractivity contribution in [1.29, 1.82) is 0 Å². The molecular formula is C27H23Cl2N3O2. The van der Waals surface area contributed by atoms with E-state index in [0.29, 0.717) is 33.8 Å². The lowest BCUT2D eigenvalue weighted by atomic mass is 10.1. The number of nitrogens with zero attached hydrogens (tertiary/aromatic N) is 3. The standard InChI is InChI=1S/C27H23Cl2N3O2/c1-31-27(34-24-10-6-5-9-23(24)29)22(25(30-31)18-7-3-2-4-8-18)17-32(21-15-16-21)26(33)19-11-13-20(28)14-12-19/h2-14,21H,15-17H2,1H3. The third-order valence-electron chi connectivity index (χ3n) is 5.85. The molecule has 5 nitrogen and oxygen atoms in total. The Morgan fingerprint density at radius 2 is 1.68 bits per heavy atom. The summed E-state index contributed by atoms with van der Waals surface area (Å²) < 4.78 is 8.00. The Morgan fingerprint density at radius 1 is 1.00 bits per heavy atom. The summed E-state index contributed by atoms with van der Waals surface area (Å²) in [7, 11) is 1.84. The molecule has 0 atom stereocenters. The van der Waals surface area contributed by atoms with Crippen LogP contribution < -0.4 is 4.74 Å². The topological polar surface area (TPSA) is 47.4 Å². The molecular weight excluding hydrogens is 469 g/mol. The molecule has 1 aliphatic carbocycles. The maximum atomic E-state index is 13.5. The van der Waals surface area contributed by atoms with Crippen molar-refractivity contribution in [1.82, 2.24) is 14.7 Å². The average Bonchev–Trinajstić information content (AvgIpc) is 3.65. The number of rotatable bonds is 7. The van der Waals surface area contributed by atoms with E-state index in [1.807, 2.05) is 60.5 Å². The lowest BCUT2D eigenvalue weighted by Gasteiger charge is -2.23. The van der Waals surface area contributed by atoms with Gasteiger partial charge in [0.1, 0.15) is 11.4 Å². The van der Waals surface area contributed by atoms with E-state index in [2.05, 4.69) is 0 Å². The van der Waals surface area contributed by atoms with Crippen LogP contribution in [-0.2, 0) is 13.6 Å². The quantitative estimate of drug-likeness (QED) is 0.279. The molecule has 1 heterocycles. The van der Waals surface area contributed by atoms with Gasteiger partial charge in [-0.2, -0.15) is 5.10 Å². The minimum absolute atomic E-state index is 0.0364. The molecule has 0 saturated heterocycles. The van der Waals surface area contributed by atoms with Gasteiger partial charge in [-0.1, -0.05) is 65.7 Å². The van der Waals surface area contributed by atoms with Gasteiger partial charge < -0.3 is 9.64 Å². The number of ether oxygens (including phenoxy) is 1. The van der Waals surface area contributed by atoms with E-state index in [0.717, 1.165) is 29.7 Å². The van der Waals surface area contributed by atoms with Crippen LogP contribution in [-0.4, -0.2) is 26.6 Å². The molecule has 34 heavy (non-hydrogen) atoms. The maximum Gasteiger partial charge on any atom is 0.254 e. The second-order valence-electron chi connectivity index (χ2n) is 8.33. The number of halogens is 2. The molecule has 0 spiro atoms. The Kier molecular flexibility index (Phi) is 6.31. The Balaban J connectivity index is 1.57. The molecule has 5 rings (SSSR count). The molecule has 1 saturated carbocycles. The van der Waals surface area contributed by atoms with Crippen molar-refractivity contribution in [2.45, 2.75) is 25.4 Å². The molecule has 7 heteroatoms. The molecule has 0 radical (unpaired) electrons. The normalized spacial score (nSPS) is 13.0. The summed E-state index contributed by atoms with van der Waals surface area (Å²) in [6.07, 6.45) is 1.95. The van der Waals surface area contributed by atoms with Crippen molar-refractivity contribution in [2.24, 2.45) is 7.05 Å². The minimum atomic E-state index is -0.0364. The van der Waals surface area contributed by atoms with Gasteiger partial charge in [-0.3, -0.25) is 4.79 Å². The van der Waals surface area contributed by atoms with Gasteiger partial charge in [-0.15, -0.1) is 0 Å². The fraction of sp³-hybridized carbons (Fsp3) is 0.185. The molecule has 1 aromatic heterocycles. The summed E-state index contributed by atoms with van der Waals surface area (Å²) in [5, 5.41) is 5.88. The number of para-hydroxylation sites is 1. The molecule has 172 valence electrons. The zero-order valence-corrected chi connectivity index (χ0v) is 20.1. The van der Waals surface area contributed by atoms with Crippen molar-refractivity contribution in [2.75, 3.05) is 0 Å². The van der Waals surface area contributed by atoms with Crippen molar-refractivity contribution in [3.05, 3.63) is 100 Å². The molecule has 3 aromatic carbocycles. The molecule has 1 amide bonds. The van der Waals surface area contributed by atoms with Crippen molar-refractivity contribution in [3.63, 3.8) is 0 Å². The van der Waals surface area contributed by atoms with Crippen LogP contribution in [0.3, 0.4) is 0 Å². The van der Waals surface area contributed by atoms with Crippen molar-refractivity contribution in [3.8, 4) is 22.9 Å². The van der Waals surface area contributed by atoms with Gasteiger partial charge in [0.15, 0.2) is 0 Å². The predicted molar refractivity (Wildman–Crippen MR) is 135 cm³/mol. The smallest absolute Gasteiger partial charge is 0.254 e. The van der Waals surface area contributed by atoms with Crippen LogP contribution in [0.25, 0.3) is 11.3 Å². The average molecular weight is 492 g/mol. The molecule has 1 aliphatic rings. The highest BCUT2D eigenvalue weighted by molar-refractivity contribution is 6.32. The fourth-order valence-corrected chi connectivity index (χ4v) is 4.26. The number of aryl methyl sites for hydroxylation is 1. The van der Waals surface area contributed by atoms with Crippen LogP contribution >= 0.6 is 23.2 Å². The molecule has 4 aromatic rings. The van der Waals surface area contributed by atoms with Crippen molar-refractivity contribution < 1.29 is 9.53 Å². The van der Waals surface area contributed by atoms with E-state index >= 15 is 0 Å². The number of benzene rings is 3. The summed E-state index contributed by atoms with van der Waals surface area (Å²) in [6.45, 7) is 0.365. The van der Waals surface area contributed by atoms with Gasteiger partial charge in [-0.05, 0) is 49.2 Å². The van der Waals surface area contributed by atoms with Gasteiger partial charge in [0.05, 0.1) is 17.1 Å². The molecule has 0 bridgehead atoms. The van der Waals surface area contributed by atoms with E-state index in [-0.39, 0.29) is 11.9 Å². The first-order valence-corrected chi connectivity index (χ1v) is 11.9. The number of aromatic nitrogens is 2. The Bertz CT molecular complexity index is 1320. The third kappa shape index (κ3) is 4.67. The van der Waals surface area contributed by atoms with Crippen LogP contribution in [0.4, 0.5) is 0 Å². The first-order chi connectivity index (χ1) is 16.5. The number of carbonyl (C=O) groups is 1. The largest absolute Gasteiger partial charge is 0.437 e. The van der Waals surface area contributed by atoms with Gasteiger partial charge in [-0.25, -0.2) is 4.68 Å². The highest BCUT2D eigenvalue weighted by atomic mass is 35.5. The number of hydrogen-bond acceptors (Lipinski definition) is 3. The lowest BCUT2D eigenvalue weighted by Crippen LogP contribution is -2.32. The van der Waals surface area contributed by atoms with E-state index in [9.17, 15) is 4.79 Å². The first-order valence-electron chi connectivity index (χ1n) is 11.1. The first kappa shape index (κ1) is 22.5. The van der Waals surface area contributed by atoms with Crippen LogP contribution in [0, 0.1) is 0 Å². The summed E-state index contributed by atoms with van der Waals surface area (Å²) in [6, 6.07) is 24.4. The highest BCUT2D eigenvalue weighted by Crippen LogP contribution is 2.39. The zero-order valence-electron chi connectivity index (χ0n) is 18.6. The van der Waals surface area contributed by atoms with Gasteiger partial charge in [0, 0.05) is 29.2 Å². The summed E-state index contributed by atoms with van der Waals surface area (Å²) >= 11 is 12.4. The van der Waals surface area contributed by atoms with E-state index in [1.54, 1.807) is 35.0 Å².